The van der Waals surface area contributed by atoms with Gasteiger partial charge in [-0.05, 0) is 66.4 Å². The minimum atomic E-state index is -4.54. The molecule has 5 heterocycles. The van der Waals surface area contributed by atoms with Crippen LogP contribution in [0.1, 0.15) is 53.4 Å². The first-order valence-electron chi connectivity index (χ1n) is 16.6. The Kier molecular flexibility index (Phi) is 8.89. The molecule has 260 valence electrons. The van der Waals surface area contributed by atoms with E-state index in [1.165, 1.54) is 6.07 Å². The highest BCUT2D eigenvalue weighted by Gasteiger charge is 2.40. The number of likely N-dealkylation sites (N-methyl/N-ethyl adjacent to an activating group) is 1. The van der Waals surface area contributed by atoms with E-state index in [0.29, 0.717) is 54.1 Å². The molecule has 0 radical (unpaired) electrons. The number of rotatable bonds is 8. The molecule has 2 aromatic carbocycles. The summed E-state index contributed by atoms with van der Waals surface area (Å²) in [4.78, 5) is 26.7. The quantitative estimate of drug-likeness (QED) is 0.236. The summed E-state index contributed by atoms with van der Waals surface area (Å²) in [5.41, 5.74) is 1.25. The van der Waals surface area contributed by atoms with Gasteiger partial charge in [-0.1, -0.05) is 25.1 Å². The van der Waals surface area contributed by atoms with Gasteiger partial charge in [0, 0.05) is 39.3 Å². The molecule has 1 atom stereocenters. The highest BCUT2D eigenvalue weighted by molar-refractivity contribution is 5.84. The van der Waals surface area contributed by atoms with Gasteiger partial charge in [0.2, 0.25) is 5.91 Å². The molecule has 2 aromatic heterocycles. The molecule has 13 heteroatoms. The molecule has 0 unspecified atom stereocenters. The van der Waals surface area contributed by atoms with Crippen molar-refractivity contribution in [3.63, 3.8) is 0 Å². The lowest BCUT2D eigenvalue weighted by molar-refractivity contribution is -0.186. The van der Waals surface area contributed by atoms with E-state index >= 15 is 4.39 Å². The summed E-state index contributed by atoms with van der Waals surface area (Å²) in [5, 5.41) is 11.1. The molecule has 2 fully saturated rings. The molecule has 0 spiro atoms. The summed E-state index contributed by atoms with van der Waals surface area (Å²) < 4.78 is 68.9. The standard InChI is InChI=1S/C36H39F4N5O4/c1-3-43-10-12-44(13-11-43)19-25-5-4-23(14-29(25)36(38,39)40)15-32(46)45-9-8-24-6-7-26(16-27(24)22(45)2)49-33-28-17-31(35(47)20-48-21-35)42-34(28)41-18-30(33)37/h4-7,14,16-18,22,47H,3,8-13,15,19-21H2,1-2H3,(H,41,42)/t22-/m0/s1. The summed E-state index contributed by atoms with van der Waals surface area (Å²) in [6, 6.07) is 10.9. The number of aromatic amines is 1. The zero-order valence-corrected chi connectivity index (χ0v) is 27.4. The van der Waals surface area contributed by atoms with E-state index < -0.39 is 29.2 Å². The Balaban J connectivity index is 1.07. The first-order chi connectivity index (χ1) is 23.4. The van der Waals surface area contributed by atoms with Gasteiger partial charge in [0.25, 0.3) is 0 Å². The van der Waals surface area contributed by atoms with Crippen molar-refractivity contribution in [1.29, 1.82) is 0 Å². The number of hydrogen-bond donors (Lipinski definition) is 2. The third-order valence-corrected chi connectivity index (χ3v) is 10.1. The van der Waals surface area contributed by atoms with Crippen molar-refractivity contribution in [2.75, 3.05) is 52.5 Å². The van der Waals surface area contributed by atoms with Crippen molar-refractivity contribution in [1.82, 2.24) is 24.7 Å². The second kappa shape index (κ2) is 13.0. The third-order valence-electron chi connectivity index (χ3n) is 10.1. The number of carbonyl (C=O) groups excluding carboxylic acids is 1. The van der Waals surface area contributed by atoms with Crippen molar-refractivity contribution >= 4 is 16.9 Å². The number of ether oxygens (including phenoxy) is 2. The van der Waals surface area contributed by atoms with Crippen LogP contribution in [0.25, 0.3) is 11.0 Å². The number of H-pyrrole nitrogens is 1. The van der Waals surface area contributed by atoms with Crippen LogP contribution in [0.2, 0.25) is 0 Å². The van der Waals surface area contributed by atoms with Crippen LogP contribution in [0.3, 0.4) is 0 Å². The average molecular weight is 682 g/mol. The van der Waals surface area contributed by atoms with Crippen LogP contribution in [-0.4, -0.2) is 88.2 Å². The molecule has 3 aliphatic heterocycles. The summed E-state index contributed by atoms with van der Waals surface area (Å²) in [6.45, 7) is 8.80. The molecule has 2 saturated heterocycles. The van der Waals surface area contributed by atoms with E-state index in [-0.39, 0.29) is 43.4 Å². The molecule has 0 bridgehead atoms. The lowest BCUT2D eigenvalue weighted by Crippen LogP contribution is -2.46. The number of halogens is 4. The Labute approximate surface area is 281 Å². The third kappa shape index (κ3) is 6.64. The van der Waals surface area contributed by atoms with Gasteiger partial charge in [-0.25, -0.2) is 9.37 Å². The zero-order valence-electron chi connectivity index (χ0n) is 27.4. The molecular formula is C36H39F4N5O4. The van der Waals surface area contributed by atoms with E-state index in [2.05, 4.69) is 21.8 Å². The Hall–Kier alpha value is -4.04. The Morgan fingerprint density at radius 2 is 1.84 bits per heavy atom. The van der Waals surface area contributed by atoms with Crippen molar-refractivity contribution < 1.29 is 36.9 Å². The number of aliphatic hydroxyl groups is 1. The van der Waals surface area contributed by atoms with Crippen LogP contribution >= 0.6 is 0 Å². The highest BCUT2D eigenvalue weighted by Crippen LogP contribution is 2.39. The number of alkyl halides is 3. The van der Waals surface area contributed by atoms with E-state index in [1.54, 1.807) is 29.2 Å². The SMILES string of the molecule is CCN1CCN(Cc2ccc(CC(=O)N3CCc4ccc(Oc5c(F)cnc6[nH]c(C7(O)COC7)cc56)cc4[C@@H]3C)cc2C(F)(F)F)CC1. The van der Waals surface area contributed by atoms with Crippen LogP contribution in [-0.2, 0) is 40.7 Å². The summed E-state index contributed by atoms with van der Waals surface area (Å²) in [5.74, 6) is -0.664. The van der Waals surface area contributed by atoms with Crippen LogP contribution < -0.4 is 4.74 Å². The fraction of sp³-hybridized carbons (Fsp3) is 0.444. The minimum absolute atomic E-state index is 0.0557. The molecule has 49 heavy (non-hydrogen) atoms. The topological polar surface area (TPSA) is 94.2 Å². The van der Waals surface area contributed by atoms with Gasteiger partial charge in [0.15, 0.2) is 17.2 Å². The van der Waals surface area contributed by atoms with E-state index in [4.69, 9.17) is 9.47 Å². The number of aromatic nitrogens is 2. The van der Waals surface area contributed by atoms with Gasteiger partial charge in [-0.15, -0.1) is 0 Å². The first kappa shape index (κ1) is 33.5. The molecular weight excluding hydrogens is 642 g/mol. The predicted molar refractivity (Wildman–Crippen MR) is 174 cm³/mol. The van der Waals surface area contributed by atoms with Crippen LogP contribution in [0.5, 0.6) is 11.5 Å². The number of amides is 1. The molecule has 2 N–H and O–H groups in total. The molecule has 0 aliphatic carbocycles. The molecule has 0 saturated carbocycles. The van der Waals surface area contributed by atoms with Crippen molar-refractivity contribution in [3.05, 3.63) is 88.0 Å². The van der Waals surface area contributed by atoms with Gasteiger partial charge in [0.05, 0.1) is 48.5 Å². The zero-order chi connectivity index (χ0) is 34.5. The maximum Gasteiger partial charge on any atom is 0.416 e. The number of pyridine rings is 1. The predicted octanol–water partition coefficient (Wildman–Crippen LogP) is 5.56. The average Bonchev–Trinajstić information content (AvgIpc) is 3.51. The summed E-state index contributed by atoms with van der Waals surface area (Å²) in [6.07, 6.45) is -3.10. The number of nitrogens with one attached hydrogen (secondary N) is 1. The smallest absolute Gasteiger partial charge is 0.416 e. The minimum Gasteiger partial charge on any atom is -0.453 e. The second-order valence-corrected chi connectivity index (χ2v) is 13.3. The number of piperazine rings is 1. The lowest BCUT2D eigenvalue weighted by Gasteiger charge is -2.36. The normalized spacial score (nSPS) is 19.9. The van der Waals surface area contributed by atoms with Gasteiger partial charge in [-0.2, -0.15) is 13.2 Å². The number of nitrogens with zero attached hydrogens (tertiary/aromatic N) is 4. The monoisotopic (exact) mass is 681 g/mol. The van der Waals surface area contributed by atoms with Crippen molar-refractivity contribution in [3.8, 4) is 11.5 Å². The van der Waals surface area contributed by atoms with Gasteiger partial charge < -0.3 is 29.4 Å². The Morgan fingerprint density at radius 3 is 2.53 bits per heavy atom. The molecule has 1 amide bonds. The molecule has 9 nitrogen and oxygen atoms in total. The second-order valence-electron chi connectivity index (χ2n) is 13.3. The van der Waals surface area contributed by atoms with Crippen LogP contribution in [0.15, 0.2) is 48.7 Å². The largest absolute Gasteiger partial charge is 0.453 e. The number of carbonyl (C=O) groups is 1. The number of fused-ring (bicyclic) bond motifs is 2. The van der Waals surface area contributed by atoms with E-state index in [9.17, 15) is 23.1 Å². The van der Waals surface area contributed by atoms with Crippen LogP contribution in [0, 0.1) is 5.82 Å². The van der Waals surface area contributed by atoms with E-state index in [1.807, 2.05) is 17.9 Å². The highest BCUT2D eigenvalue weighted by atomic mass is 19.4. The van der Waals surface area contributed by atoms with Gasteiger partial charge >= 0.3 is 6.18 Å². The maximum absolute atomic E-state index is 15.1. The van der Waals surface area contributed by atoms with Gasteiger partial charge in [0.1, 0.15) is 11.4 Å². The fourth-order valence-electron chi connectivity index (χ4n) is 7.06. The number of benzene rings is 2. The lowest BCUT2D eigenvalue weighted by atomic mass is 9.92. The molecule has 4 aromatic rings. The van der Waals surface area contributed by atoms with Gasteiger partial charge in [-0.3, -0.25) is 9.69 Å². The Bertz CT molecular complexity index is 1870. The van der Waals surface area contributed by atoms with Crippen molar-refractivity contribution in [2.24, 2.45) is 0 Å². The Morgan fingerprint density at radius 1 is 1.08 bits per heavy atom. The molecule has 7 rings (SSSR count). The molecule has 3 aliphatic rings. The summed E-state index contributed by atoms with van der Waals surface area (Å²) >= 11 is 0. The van der Waals surface area contributed by atoms with E-state index in [0.717, 1.165) is 43.0 Å². The first-order valence-corrected chi connectivity index (χ1v) is 16.6. The van der Waals surface area contributed by atoms with Crippen LogP contribution in [0.4, 0.5) is 17.6 Å². The fourth-order valence-corrected chi connectivity index (χ4v) is 7.06. The maximum atomic E-state index is 15.1. The summed E-state index contributed by atoms with van der Waals surface area (Å²) in [7, 11) is 0. The number of hydrogen-bond acceptors (Lipinski definition) is 7. The van der Waals surface area contributed by atoms with Crippen molar-refractivity contribution in [2.45, 2.75) is 51.1 Å².